The van der Waals surface area contributed by atoms with E-state index in [0.717, 1.165) is 0 Å². The number of hydrogen-bond acceptors (Lipinski definition) is 8. The number of ketones is 1. The number of carbonyl (C=O) groups is 1. The summed E-state index contributed by atoms with van der Waals surface area (Å²) in [6.07, 6.45) is 4.33. The molecule has 0 saturated carbocycles. The van der Waals surface area contributed by atoms with Gasteiger partial charge < -0.3 is 10.5 Å². The fourth-order valence-corrected chi connectivity index (χ4v) is 5.03. The van der Waals surface area contributed by atoms with E-state index in [1.807, 2.05) is 0 Å². The molecule has 0 unspecified atom stereocenters. The Labute approximate surface area is 183 Å². The first-order valence-electron chi connectivity index (χ1n) is 9.33. The monoisotopic (exact) mass is 459 g/mol. The summed E-state index contributed by atoms with van der Waals surface area (Å²) in [5.41, 5.74) is 6.87. The lowest BCUT2D eigenvalue weighted by atomic mass is 10.1. The van der Waals surface area contributed by atoms with Crippen LogP contribution in [0, 0.1) is 0 Å². The van der Waals surface area contributed by atoms with E-state index in [0.29, 0.717) is 24.3 Å². The van der Waals surface area contributed by atoms with Gasteiger partial charge in [-0.05, 0) is 24.3 Å². The van der Waals surface area contributed by atoms with Crippen LogP contribution in [0.15, 0.2) is 53.8 Å². The molecule has 2 N–H and O–H groups in total. The molecule has 31 heavy (non-hydrogen) atoms. The minimum atomic E-state index is -3.83. The molecule has 1 saturated heterocycles. The molecule has 9 nitrogen and oxygen atoms in total. The number of nitrogens with two attached hydrogens (primary N) is 1. The number of nitrogen functional groups attached to an aromatic ring is 1. The van der Waals surface area contributed by atoms with Gasteiger partial charge in [0.25, 0.3) is 0 Å². The van der Waals surface area contributed by atoms with Crippen LogP contribution in [0.5, 0.6) is 0 Å². The summed E-state index contributed by atoms with van der Waals surface area (Å²) in [6.45, 7) is 1.13. The van der Waals surface area contributed by atoms with Crippen LogP contribution in [0.1, 0.15) is 16.1 Å². The van der Waals surface area contributed by atoms with E-state index >= 15 is 0 Å². The third-order valence-corrected chi connectivity index (χ3v) is 7.13. The van der Waals surface area contributed by atoms with Crippen molar-refractivity contribution in [2.45, 2.75) is 4.90 Å². The molecule has 11 heteroatoms. The van der Waals surface area contributed by atoms with Crippen molar-refractivity contribution in [1.82, 2.24) is 19.3 Å². The van der Waals surface area contributed by atoms with Gasteiger partial charge in [0.15, 0.2) is 11.5 Å². The Balaban J connectivity index is 1.74. The van der Waals surface area contributed by atoms with E-state index in [1.165, 1.54) is 28.8 Å². The van der Waals surface area contributed by atoms with Gasteiger partial charge in [-0.2, -0.15) is 4.31 Å². The van der Waals surface area contributed by atoms with Gasteiger partial charge in [0.1, 0.15) is 4.90 Å². The number of hydrogen-bond donors (Lipinski definition) is 1. The van der Waals surface area contributed by atoms with Gasteiger partial charge in [0.05, 0.1) is 30.1 Å². The molecule has 2 aromatic heterocycles. The zero-order chi connectivity index (χ0) is 22.0. The summed E-state index contributed by atoms with van der Waals surface area (Å²) in [4.78, 5) is 25.1. The fraction of sp³-hybridized carbons (Fsp3) is 0.200. The highest BCUT2D eigenvalue weighted by Gasteiger charge is 2.29. The maximum Gasteiger partial charge on any atom is 0.244 e. The Hall–Kier alpha value is -2.92. The Morgan fingerprint density at radius 1 is 1.16 bits per heavy atom. The van der Waals surface area contributed by atoms with Crippen molar-refractivity contribution in [3.63, 3.8) is 0 Å². The number of pyridine rings is 1. The SMILES string of the molecule is Nc1ncc(-c2ccc(Cl)c(S(=O)(=O)N3CCOCC3)c2)nc1C(=O)c1cccnc1. The lowest BCUT2D eigenvalue weighted by molar-refractivity contribution is 0.0730. The summed E-state index contributed by atoms with van der Waals surface area (Å²) in [5.74, 6) is -0.470. The molecule has 1 fully saturated rings. The summed E-state index contributed by atoms with van der Waals surface area (Å²) >= 11 is 6.22. The van der Waals surface area contributed by atoms with Gasteiger partial charge in [-0.1, -0.05) is 17.7 Å². The smallest absolute Gasteiger partial charge is 0.244 e. The van der Waals surface area contributed by atoms with Gasteiger partial charge in [-0.15, -0.1) is 0 Å². The molecular weight excluding hydrogens is 442 g/mol. The van der Waals surface area contributed by atoms with Gasteiger partial charge in [0, 0.05) is 36.6 Å². The van der Waals surface area contributed by atoms with E-state index in [4.69, 9.17) is 22.1 Å². The molecule has 4 rings (SSSR count). The lowest BCUT2D eigenvalue weighted by Gasteiger charge is -2.26. The zero-order valence-electron chi connectivity index (χ0n) is 16.2. The maximum atomic E-state index is 13.1. The van der Waals surface area contributed by atoms with E-state index in [-0.39, 0.29) is 40.2 Å². The number of aromatic nitrogens is 3. The largest absolute Gasteiger partial charge is 0.382 e. The third kappa shape index (κ3) is 4.28. The first-order chi connectivity index (χ1) is 14.9. The van der Waals surface area contributed by atoms with E-state index < -0.39 is 15.8 Å². The van der Waals surface area contributed by atoms with Crippen LogP contribution >= 0.6 is 11.6 Å². The highest BCUT2D eigenvalue weighted by Crippen LogP contribution is 2.30. The van der Waals surface area contributed by atoms with Crippen LogP contribution in [0.4, 0.5) is 5.82 Å². The molecule has 3 aromatic rings. The number of anilines is 1. The molecular formula is C20H18ClN5O4S. The molecule has 0 atom stereocenters. The molecule has 1 aliphatic heterocycles. The van der Waals surface area contributed by atoms with Crippen molar-refractivity contribution in [3.05, 3.63) is 65.2 Å². The molecule has 0 radical (unpaired) electrons. The standard InChI is InChI=1S/C20H18ClN5O4S/c21-15-4-3-13(10-17(15)31(28,29)26-6-8-30-9-7-26)16-12-24-20(22)18(25-16)19(27)14-2-1-5-23-11-14/h1-5,10-12H,6-9H2,(H2,22,24). The molecule has 0 amide bonds. The highest BCUT2D eigenvalue weighted by atomic mass is 35.5. The summed E-state index contributed by atoms with van der Waals surface area (Å²) < 4.78 is 32.7. The Kier molecular flexibility index (Phi) is 5.96. The average Bonchev–Trinajstić information content (AvgIpc) is 2.80. The second-order valence-electron chi connectivity index (χ2n) is 6.72. The van der Waals surface area contributed by atoms with E-state index in [9.17, 15) is 13.2 Å². The lowest BCUT2D eigenvalue weighted by Crippen LogP contribution is -2.40. The van der Waals surface area contributed by atoms with Crippen molar-refractivity contribution < 1.29 is 17.9 Å². The van der Waals surface area contributed by atoms with Crippen molar-refractivity contribution in [2.75, 3.05) is 32.0 Å². The molecule has 1 aromatic carbocycles. The van der Waals surface area contributed by atoms with Crippen LogP contribution in [-0.2, 0) is 14.8 Å². The number of nitrogens with zero attached hydrogens (tertiary/aromatic N) is 4. The Bertz CT molecular complexity index is 1230. The first kappa shape index (κ1) is 21.3. The topological polar surface area (TPSA) is 128 Å². The van der Waals surface area contributed by atoms with Crippen LogP contribution in [0.3, 0.4) is 0 Å². The number of carbonyl (C=O) groups excluding carboxylic acids is 1. The molecule has 3 heterocycles. The number of sulfonamides is 1. The van der Waals surface area contributed by atoms with Gasteiger partial charge in [0.2, 0.25) is 15.8 Å². The van der Waals surface area contributed by atoms with Crippen molar-refractivity contribution in [1.29, 1.82) is 0 Å². The van der Waals surface area contributed by atoms with Crippen LogP contribution in [0.2, 0.25) is 5.02 Å². The maximum absolute atomic E-state index is 13.1. The highest BCUT2D eigenvalue weighted by molar-refractivity contribution is 7.89. The number of benzene rings is 1. The number of ether oxygens (including phenoxy) is 1. The van der Waals surface area contributed by atoms with Crippen LogP contribution < -0.4 is 5.73 Å². The Morgan fingerprint density at radius 2 is 1.94 bits per heavy atom. The summed E-state index contributed by atoms with van der Waals surface area (Å²) in [6, 6.07) is 7.73. The molecule has 0 spiro atoms. The van der Waals surface area contributed by atoms with Gasteiger partial charge >= 0.3 is 0 Å². The van der Waals surface area contributed by atoms with Crippen LogP contribution in [-0.4, -0.2) is 59.8 Å². The average molecular weight is 460 g/mol. The summed E-state index contributed by atoms with van der Waals surface area (Å²) in [7, 11) is -3.83. The van der Waals surface area contributed by atoms with Crippen molar-refractivity contribution in [3.8, 4) is 11.3 Å². The minimum Gasteiger partial charge on any atom is -0.382 e. The molecule has 160 valence electrons. The normalized spacial score (nSPS) is 15.0. The molecule has 0 aliphatic carbocycles. The zero-order valence-corrected chi connectivity index (χ0v) is 17.8. The predicted molar refractivity (Wildman–Crippen MR) is 114 cm³/mol. The van der Waals surface area contributed by atoms with Crippen LogP contribution in [0.25, 0.3) is 11.3 Å². The van der Waals surface area contributed by atoms with E-state index in [1.54, 1.807) is 24.4 Å². The second-order valence-corrected chi connectivity index (χ2v) is 9.04. The van der Waals surface area contributed by atoms with Crippen molar-refractivity contribution in [2.24, 2.45) is 0 Å². The number of morpholine rings is 1. The molecule has 0 bridgehead atoms. The first-order valence-corrected chi connectivity index (χ1v) is 11.1. The quantitative estimate of drug-likeness (QED) is 0.574. The Morgan fingerprint density at radius 3 is 2.65 bits per heavy atom. The predicted octanol–water partition coefficient (Wildman–Crippen LogP) is 2.03. The van der Waals surface area contributed by atoms with Gasteiger partial charge in [-0.25, -0.2) is 18.4 Å². The third-order valence-electron chi connectivity index (χ3n) is 4.75. The number of halogens is 1. The van der Waals surface area contributed by atoms with Gasteiger partial charge in [-0.3, -0.25) is 9.78 Å². The van der Waals surface area contributed by atoms with E-state index in [2.05, 4.69) is 15.0 Å². The molecule has 1 aliphatic rings. The second kappa shape index (κ2) is 8.67. The van der Waals surface area contributed by atoms with Crippen molar-refractivity contribution >= 4 is 33.2 Å². The number of rotatable bonds is 5. The fourth-order valence-electron chi connectivity index (χ4n) is 3.12. The summed E-state index contributed by atoms with van der Waals surface area (Å²) in [5, 5.41) is 0.0882. The minimum absolute atomic E-state index is 0.0345.